The molecule has 0 aromatic heterocycles. The molecule has 3 heteroatoms. The zero-order valence-electron chi connectivity index (χ0n) is 9.63. The minimum absolute atomic E-state index is 0.647. The molecule has 1 saturated carbocycles. The average molecular weight is 284 g/mol. The Labute approximate surface area is 106 Å². The van der Waals surface area contributed by atoms with E-state index in [0.717, 1.165) is 4.47 Å². The monoisotopic (exact) mass is 283 g/mol. The fourth-order valence-corrected chi connectivity index (χ4v) is 2.74. The van der Waals surface area contributed by atoms with Crippen molar-refractivity contribution in [3.63, 3.8) is 0 Å². The maximum Gasteiger partial charge on any atom is 0.0724 e. The van der Waals surface area contributed by atoms with Gasteiger partial charge in [0.05, 0.1) is 6.61 Å². The summed E-state index contributed by atoms with van der Waals surface area (Å²) in [5, 5.41) is 3.61. The summed E-state index contributed by atoms with van der Waals surface area (Å²) in [5.41, 5.74) is 2.40. The molecule has 0 amide bonds. The fourth-order valence-electron chi connectivity index (χ4n) is 2.25. The van der Waals surface area contributed by atoms with E-state index >= 15 is 0 Å². The number of anilines is 1. The van der Waals surface area contributed by atoms with Gasteiger partial charge in [-0.2, -0.15) is 0 Å². The van der Waals surface area contributed by atoms with E-state index in [1.807, 2.05) is 0 Å². The van der Waals surface area contributed by atoms with Gasteiger partial charge in [0.15, 0.2) is 0 Å². The van der Waals surface area contributed by atoms with Crippen molar-refractivity contribution in [2.24, 2.45) is 0 Å². The Morgan fingerprint density at radius 1 is 1.38 bits per heavy atom. The van der Waals surface area contributed by atoms with Crippen molar-refractivity contribution in [3.05, 3.63) is 28.2 Å². The molecule has 1 aromatic rings. The quantitative estimate of drug-likeness (QED) is 0.904. The molecule has 0 radical (unpaired) electrons. The summed E-state index contributed by atoms with van der Waals surface area (Å²) in [4.78, 5) is 0. The van der Waals surface area contributed by atoms with Gasteiger partial charge in [-0.3, -0.25) is 0 Å². The zero-order valence-corrected chi connectivity index (χ0v) is 11.2. The number of benzene rings is 1. The van der Waals surface area contributed by atoms with Gasteiger partial charge in [-0.15, -0.1) is 0 Å². The highest BCUT2D eigenvalue weighted by Gasteiger charge is 2.16. The van der Waals surface area contributed by atoms with Gasteiger partial charge < -0.3 is 10.1 Å². The lowest BCUT2D eigenvalue weighted by Gasteiger charge is -2.16. The SMILES string of the molecule is COCc1cccc(NC2CCCC2)c1Br. The highest BCUT2D eigenvalue weighted by atomic mass is 79.9. The molecule has 2 nitrogen and oxygen atoms in total. The van der Waals surface area contributed by atoms with Crippen molar-refractivity contribution in [1.82, 2.24) is 0 Å². The molecule has 1 fully saturated rings. The van der Waals surface area contributed by atoms with Crippen molar-refractivity contribution < 1.29 is 4.74 Å². The molecule has 1 aliphatic carbocycles. The Bertz CT molecular complexity index is 348. The zero-order chi connectivity index (χ0) is 11.4. The van der Waals surface area contributed by atoms with Crippen LogP contribution in [-0.2, 0) is 11.3 Å². The summed E-state index contributed by atoms with van der Waals surface area (Å²) in [6, 6.07) is 6.94. The summed E-state index contributed by atoms with van der Waals surface area (Å²) in [6.07, 6.45) is 5.29. The van der Waals surface area contributed by atoms with Crippen LogP contribution in [0.25, 0.3) is 0 Å². The van der Waals surface area contributed by atoms with Crippen LogP contribution in [0.15, 0.2) is 22.7 Å². The lowest BCUT2D eigenvalue weighted by Crippen LogP contribution is -2.15. The molecular weight excluding hydrogens is 266 g/mol. The molecule has 0 spiro atoms. The summed E-state index contributed by atoms with van der Waals surface area (Å²) in [7, 11) is 1.73. The number of hydrogen-bond acceptors (Lipinski definition) is 2. The summed E-state index contributed by atoms with van der Waals surface area (Å²) in [5.74, 6) is 0. The molecule has 88 valence electrons. The van der Waals surface area contributed by atoms with Crippen LogP contribution in [0.4, 0.5) is 5.69 Å². The molecule has 1 aromatic carbocycles. The summed E-state index contributed by atoms with van der Waals surface area (Å²) < 4.78 is 6.32. The van der Waals surface area contributed by atoms with Crippen LogP contribution in [0.3, 0.4) is 0 Å². The normalized spacial score (nSPS) is 16.6. The van der Waals surface area contributed by atoms with Crippen molar-refractivity contribution in [3.8, 4) is 0 Å². The fraction of sp³-hybridized carbons (Fsp3) is 0.538. The van der Waals surface area contributed by atoms with Gasteiger partial charge in [0.25, 0.3) is 0 Å². The average Bonchev–Trinajstić information content (AvgIpc) is 2.77. The minimum Gasteiger partial charge on any atom is -0.381 e. The second-order valence-electron chi connectivity index (χ2n) is 4.34. The van der Waals surface area contributed by atoms with Crippen LogP contribution in [-0.4, -0.2) is 13.2 Å². The number of hydrogen-bond donors (Lipinski definition) is 1. The van der Waals surface area contributed by atoms with Gasteiger partial charge in [0, 0.05) is 23.3 Å². The van der Waals surface area contributed by atoms with Crippen LogP contribution in [0, 0.1) is 0 Å². The molecule has 0 aliphatic heterocycles. The molecular formula is C13H18BrNO. The van der Waals surface area contributed by atoms with Gasteiger partial charge >= 0.3 is 0 Å². The summed E-state index contributed by atoms with van der Waals surface area (Å²) in [6.45, 7) is 0.654. The maximum atomic E-state index is 5.18. The molecule has 0 heterocycles. The Balaban J connectivity index is 2.10. The van der Waals surface area contributed by atoms with E-state index in [2.05, 4.69) is 39.4 Å². The number of rotatable bonds is 4. The van der Waals surface area contributed by atoms with Crippen LogP contribution in [0.5, 0.6) is 0 Å². The largest absolute Gasteiger partial charge is 0.381 e. The Kier molecular flexibility index (Phi) is 4.24. The molecule has 1 aliphatic rings. The van der Waals surface area contributed by atoms with E-state index in [1.54, 1.807) is 7.11 Å². The molecule has 0 unspecified atom stereocenters. The number of methoxy groups -OCH3 is 1. The lowest BCUT2D eigenvalue weighted by atomic mass is 10.2. The summed E-state index contributed by atoms with van der Waals surface area (Å²) >= 11 is 3.65. The van der Waals surface area contributed by atoms with E-state index in [9.17, 15) is 0 Å². The standard InChI is InChI=1S/C13H18BrNO/c1-16-9-10-5-4-8-12(13(10)14)15-11-6-2-3-7-11/h4-5,8,11,15H,2-3,6-7,9H2,1H3. The van der Waals surface area contributed by atoms with E-state index in [4.69, 9.17) is 4.74 Å². The third kappa shape index (κ3) is 2.77. The molecule has 0 saturated heterocycles. The third-order valence-corrected chi connectivity index (χ3v) is 4.03. The van der Waals surface area contributed by atoms with Gasteiger partial charge in [0.2, 0.25) is 0 Å². The molecule has 1 N–H and O–H groups in total. The topological polar surface area (TPSA) is 21.3 Å². The van der Waals surface area contributed by atoms with Crippen LogP contribution in [0.2, 0.25) is 0 Å². The lowest BCUT2D eigenvalue weighted by molar-refractivity contribution is 0.184. The van der Waals surface area contributed by atoms with Crippen LogP contribution < -0.4 is 5.32 Å². The highest BCUT2D eigenvalue weighted by Crippen LogP contribution is 2.30. The van der Waals surface area contributed by atoms with E-state index in [-0.39, 0.29) is 0 Å². The van der Waals surface area contributed by atoms with Gasteiger partial charge in [-0.05, 0) is 40.4 Å². The predicted molar refractivity (Wildman–Crippen MR) is 70.7 cm³/mol. The van der Waals surface area contributed by atoms with Crippen molar-refractivity contribution in [2.45, 2.75) is 38.3 Å². The van der Waals surface area contributed by atoms with Crippen molar-refractivity contribution in [2.75, 3.05) is 12.4 Å². The molecule has 2 rings (SSSR count). The first-order chi connectivity index (χ1) is 7.81. The maximum absolute atomic E-state index is 5.18. The van der Waals surface area contributed by atoms with Gasteiger partial charge in [0.1, 0.15) is 0 Å². The first kappa shape index (κ1) is 11.9. The Hall–Kier alpha value is -0.540. The smallest absolute Gasteiger partial charge is 0.0724 e. The Morgan fingerprint density at radius 2 is 2.12 bits per heavy atom. The predicted octanol–water partition coefficient (Wildman–Crippen LogP) is 3.95. The number of ether oxygens (including phenoxy) is 1. The van der Waals surface area contributed by atoms with Crippen molar-refractivity contribution in [1.29, 1.82) is 0 Å². The number of nitrogens with one attached hydrogen (secondary N) is 1. The van der Waals surface area contributed by atoms with E-state index < -0.39 is 0 Å². The van der Waals surface area contributed by atoms with Crippen LogP contribution >= 0.6 is 15.9 Å². The Morgan fingerprint density at radius 3 is 2.81 bits per heavy atom. The first-order valence-electron chi connectivity index (χ1n) is 5.84. The minimum atomic E-state index is 0.647. The highest BCUT2D eigenvalue weighted by molar-refractivity contribution is 9.10. The molecule has 0 bridgehead atoms. The molecule has 0 atom stereocenters. The van der Waals surface area contributed by atoms with Gasteiger partial charge in [-0.25, -0.2) is 0 Å². The van der Waals surface area contributed by atoms with Gasteiger partial charge in [-0.1, -0.05) is 25.0 Å². The molecule has 16 heavy (non-hydrogen) atoms. The third-order valence-electron chi connectivity index (χ3n) is 3.09. The second kappa shape index (κ2) is 5.69. The van der Waals surface area contributed by atoms with E-state index in [0.29, 0.717) is 12.6 Å². The van der Waals surface area contributed by atoms with Crippen LogP contribution in [0.1, 0.15) is 31.2 Å². The number of halogens is 1. The van der Waals surface area contributed by atoms with Crippen molar-refractivity contribution >= 4 is 21.6 Å². The van der Waals surface area contributed by atoms with E-state index in [1.165, 1.54) is 36.9 Å². The second-order valence-corrected chi connectivity index (χ2v) is 5.13. The first-order valence-corrected chi connectivity index (χ1v) is 6.63.